The van der Waals surface area contributed by atoms with Crippen LogP contribution >= 0.6 is 0 Å². The standard InChI is InChI=1S/C17H18FNO2/c1-12-5-3-8-15(9-12)19-17(2,16(20)21)11-13-6-4-7-14(18)10-13/h3-10,19H,11H2,1-2H3,(H,20,21). The van der Waals surface area contributed by atoms with Gasteiger partial charge in [-0.05, 0) is 49.2 Å². The van der Waals surface area contributed by atoms with Gasteiger partial charge >= 0.3 is 5.97 Å². The molecule has 0 aliphatic rings. The summed E-state index contributed by atoms with van der Waals surface area (Å²) in [6.45, 7) is 3.54. The van der Waals surface area contributed by atoms with Gasteiger partial charge in [0.25, 0.3) is 0 Å². The molecule has 2 rings (SSSR count). The highest BCUT2D eigenvalue weighted by molar-refractivity contribution is 5.82. The summed E-state index contributed by atoms with van der Waals surface area (Å²) in [6, 6.07) is 13.5. The van der Waals surface area contributed by atoms with Crippen molar-refractivity contribution in [3.8, 4) is 0 Å². The van der Waals surface area contributed by atoms with E-state index in [0.29, 0.717) is 5.56 Å². The molecule has 0 aromatic heterocycles. The van der Waals surface area contributed by atoms with Crippen molar-refractivity contribution >= 4 is 11.7 Å². The van der Waals surface area contributed by atoms with Crippen LogP contribution in [0, 0.1) is 12.7 Å². The predicted octanol–water partition coefficient (Wildman–Crippen LogP) is 3.63. The highest BCUT2D eigenvalue weighted by Crippen LogP contribution is 2.21. The number of anilines is 1. The van der Waals surface area contributed by atoms with E-state index in [1.807, 2.05) is 31.2 Å². The minimum absolute atomic E-state index is 0.189. The van der Waals surface area contributed by atoms with E-state index in [1.54, 1.807) is 19.1 Å². The summed E-state index contributed by atoms with van der Waals surface area (Å²) < 4.78 is 13.3. The maximum absolute atomic E-state index is 13.3. The van der Waals surface area contributed by atoms with Gasteiger partial charge in [0.05, 0.1) is 0 Å². The average Bonchev–Trinajstić information content (AvgIpc) is 2.38. The lowest BCUT2D eigenvalue weighted by atomic mass is 9.92. The van der Waals surface area contributed by atoms with Gasteiger partial charge in [0, 0.05) is 12.1 Å². The van der Waals surface area contributed by atoms with Crippen LogP contribution in [0.3, 0.4) is 0 Å². The SMILES string of the molecule is Cc1cccc(NC(C)(Cc2cccc(F)c2)C(=O)O)c1. The molecule has 0 aliphatic heterocycles. The summed E-state index contributed by atoms with van der Waals surface area (Å²) >= 11 is 0. The van der Waals surface area contributed by atoms with Crippen LogP contribution in [0.2, 0.25) is 0 Å². The second-order valence-electron chi connectivity index (χ2n) is 5.44. The van der Waals surface area contributed by atoms with Gasteiger partial charge in [-0.1, -0.05) is 24.3 Å². The first-order chi connectivity index (χ1) is 9.89. The van der Waals surface area contributed by atoms with Crippen molar-refractivity contribution in [3.63, 3.8) is 0 Å². The molecule has 0 heterocycles. The number of aliphatic carboxylic acids is 1. The zero-order chi connectivity index (χ0) is 15.5. The van der Waals surface area contributed by atoms with Crippen LogP contribution in [0.25, 0.3) is 0 Å². The van der Waals surface area contributed by atoms with E-state index in [9.17, 15) is 14.3 Å². The Morgan fingerprint density at radius 2 is 1.95 bits per heavy atom. The maximum atomic E-state index is 13.3. The molecule has 0 saturated carbocycles. The normalized spacial score (nSPS) is 13.5. The van der Waals surface area contributed by atoms with E-state index < -0.39 is 11.5 Å². The first-order valence-electron chi connectivity index (χ1n) is 6.72. The van der Waals surface area contributed by atoms with Gasteiger partial charge in [0.1, 0.15) is 11.4 Å². The topological polar surface area (TPSA) is 49.3 Å². The van der Waals surface area contributed by atoms with Crippen molar-refractivity contribution in [2.45, 2.75) is 25.8 Å². The van der Waals surface area contributed by atoms with Crippen LogP contribution in [0.15, 0.2) is 48.5 Å². The van der Waals surface area contributed by atoms with Crippen molar-refractivity contribution < 1.29 is 14.3 Å². The third-order valence-corrected chi connectivity index (χ3v) is 3.36. The molecule has 0 aliphatic carbocycles. The van der Waals surface area contributed by atoms with Gasteiger partial charge in [0.15, 0.2) is 0 Å². The van der Waals surface area contributed by atoms with Crippen LogP contribution < -0.4 is 5.32 Å². The molecule has 110 valence electrons. The van der Waals surface area contributed by atoms with E-state index in [1.165, 1.54) is 12.1 Å². The molecule has 2 aromatic carbocycles. The smallest absolute Gasteiger partial charge is 0.329 e. The third-order valence-electron chi connectivity index (χ3n) is 3.36. The molecular formula is C17H18FNO2. The first-order valence-corrected chi connectivity index (χ1v) is 6.72. The van der Waals surface area contributed by atoms with Crippen LogP contribution in [0.5, 0.6) is 0 Å². The lowest BCUT2D eigenvalue weighted by molar-refractivity contribution is -0.141. The van der Waals surface area contributed by atoms with Crippen LogP contribution in [0.1, 0.15) is 18.1 Å². The van der Waals surface area contributed by atoms with Crippen molar-refractivity contribution in [2.75, 3.05) is 5.32 Å². The Kier molecular flexibility index (Phi) is 4.26. The Hall–Kier alpha value is -2.36. The van der Waals surface area contributed by atoms with E-state index >= 15 is 0 Å². The Morgan fingerprint density at radius 1 is 1.24 bits per heavy atom. The molecule has 2 aromatic rings. The second kappa shape index (κ2) is 5.95. The van der Waals surface area contributed by atoms with Crippen LogP contribution in [0.4, 0.5) is 10.1 Å². The molecule has 4 heteroatoms. The molecule has 0 fully saturated rings. The number of carbonyl (C=O) groups is 1. The summed E-state index contributed by atoms with van der Waals surface area (Å²) in [5.74, 6) is -1.34. The lowest BCUT2D eigenvalue weighted by Crippen LogP contribution is -2.45. The summed E-state index contributed by atoms with van der Waals surface area (Å²) in [5, 5.41) is 12.6. The number of halogens is 1. The largest absolute Gasteiger partial charge is 0.480 e. The summed E-state index contributed by atoms with van der Waals surface area (Å²) in [7, 11) is 0. The van der Waals surface area contributed by atoms with E-state index in [4.69, 9.17) is 0 Å². The highest BCUT2D eigenvalue weighted by Gasteiger charge is 2.33. The zero-order valence-corrected chi connectivity index (χ0v) is 12.1. The molecule has 0 bridgehead atoms. The summed E-state index contributed by atoms with van der Waals surface area (Å²) in [5.41, 5.74) is 1.21. The van der Waals surface area contributed by atoms with Crippen molar-refractivity contribution in [3.05, 3.63) is 65.5 Å². The number of aryl methyl sites for hydroxylation is 1. The van der Waals surface area contributed by atoms with Crippen molar-refractivity contribution in [1.29, 1.82) is 0 Å². The number of hydrogen-bond donors (Lipinski definition) is 2. The summed E-state index contributed by atoms with van der Waals surface area (Å²) in [6.07, 6.45) is 0.189. The fourth-order valence-electron chi connectivity index (χ4n) is 2.27. The molecule has 1 unspecified atom stereocenters. The molecule has 0 saturated heterocycles. The Bertz CT molecular complexity index is 607. The number of nitrogens with one attached hydrogen (secondary N) is 1. The molecule has 0 amide bonds. The van der Waals surface area contributed by atoms with Gasteiger partial charge in [-0.25, -0.2) is 9.18 Å². The number of benzene rings is 2. The zero-order valence-electron chi connectivity index (χ0n) is 12.1. The van der Waals surface area contributed by atoms with Gasteiger partial charge in [-0.15, -0.1) is 0 Å². The fourth-order valence-corrected chi connectivity index (χ4v) is 2.27. The van der Waals surface area contributed by atoms with Gasteiger partial charge in [0.2, 0.25) is 0 Å². The number of carboxylic acid groups (broad SMARTS) is 1. The Balaban J connectivity index is 2.26. The van der Waals surface area contributed by atoms with Gasteiger partial charge in [-0.2, -0.15) is 0 Å². The maximum Gasteiger partial charge on any atom is 0.329 e. The molecule has 2 N–H and O–H groups in total. The van der Waals surface area contributed by atoms with Gasteiger partial charge in [-0.3, -0.25) is 0 Å². The minimum atomic E-state index is -1.21. The molecule has 1 atom stereocenters. The van der Waals surface area contributed by atoms with Crippen molar-refractivity contribution in [2.24, 2.45) is 0 Å². The minimum Gasteiger partial charge on any atom is -0.480 e. The summed E-state index contributed by atoms with van der Waals surface area (Å²) in [4.78, 5) is 11.6. The number of hydrogen-bond acceptors (Lipinski definition) is 2. The van der Waals surface area contributed by atoms with Gasteiger partial charge < -0.3 is 10.4 Å². The number of rotatable bonds is 5. The third kappa shape index (κ3) is 3.81. The van der Waals surface area contributed by atoms with E-state index in [0.717, 1.165) is 11.3 Å². The Labute approximate surface area is 123 Å². The average molecular weight is 287 g/mol. The molecule has 3 nitrogen and oxygen atoms in total. The molecular weight excluding hydrogens is 269 g/mol. The lowest BCUT2D eigenvalue weighted by Gasteiger charge is -2.28. The monoisotopic (exact) mass is 287 g/mol. The first kappa shape index (κ1) is 15.0. The van der Waals surface area contributed by atoms with Crippen molar-refractivity contribution in [1.82, 2.24) is 0 Å². The van der Waals surface area contributed by atoms with E-state index in [-0.39, 0.29) is 12.2 Å². The quantitative estimate of drug-likeness (QED) is 0.883. The highest BCUT2D eigenvalue weighted by atomic mass is 19.1. The second-order valence-corrected chi connectivity index (χ2v) is 5.44. The predicted molar refractivity (Wildman–Crippen MR) is 80.9 cm³/mol. The fraction of sp³-hybridized carbons (Fsp3) is 0.235. The Morgan fingerprint density at radius 3 is 2.57 bits per heavy atom. The molecule has 0 radical (unpaired) electrons. The van der Waals surface area contributed by atoms with Crippen LogP contribution in [-0.4, -0.2) is 16.6 Å². The van der Waals surface area contributed by atoms with Crippen LogP contribution in [-0.2, 0) is 11.2 Å². The molecule has 21 heavy (non-hydrogen) atoms. The van der Waals surface area contributed by atoms with E-state index in [2.05, 4.69) is 5.32 Å². The molecule has 0 spiro atoms. The number of carboxylic acids is 1.